The van der Waals surface area contributed by atoms with Crippen LogP contribution in [0.4, 0.5) is 0 Å². The first kappa shape index (κ1) is 16.0. The number of hydrazine groups is 1. The first-order valence-corrected chi connectivity index (χ1v) is 7.27. The minimum atomic E-state index is 0.240. The fourth-order valence-corrected chi connectivity index (χ4v) is 2.46. The summed E-state index contributed by atoms with van der Waals surface area (Å²) < 4.78 is 0. The van der Waals surface area contributed by atoms with Gasteiger partial charge in [-0.15, -0.1) is 5.01 Å². The van der Waals surface area contributed by atoms with Gasteiger partial charge in [-0.2, -0.15) is 0 Å². The van der Waals surface area contributed by atoms with Crippen LogP contribution in [0.25, 0.3) is 0 Å². The van der Waals surface area contributed by atoms with Gasteiger partial charge in [0.05, 0.1) is 12.1 Å². The Morgan fingerprint density at radius 2 is 1.89 bits per heavy atom. The van der Waals surface area contributed by atoms with Crippen LogP contribution >= 0.6 is 0 Å². The summed E-state index contributed by atoms with van der Waals surface area (Å²) in [5, 5.41) is 14.8. The topological polar surface area (TPSA) is 57.3 Å². The summed E-state index contributed by atoms with van der Waals surface area (Å²) in [7, 11) is 1.60. The minimum absolute atomic E-state index is 0.240. The Morgan fingerprint density at radius 3 is 2.47 bits per heavy atom. The Labute approximate surface area is 115 Å². The molecule has 6 nitrogen and oxygen atoms in total. The molecular formula is C13H28N3O3+. The molecule has 0 saturated carbocycles. The Bertz CT molecular complexity index is 264. The highest BCUT2D eigenvalue weighted by molar-refractivity contribution is 4.72. The van der Waals surface area contributed by atoms with Crippen molar-refractivity contribution in [3.05, 3.63) is 0 Å². The summed E-state index contributed by atoms with van der Waals surface area (Å²) in [4.78, 5) is 12.0. The van der Waals surface area contributed by atoms with Crippen LogP contribution in [-0.2, 0) is 9.68 Å². The third kappa shape index (κ3) is 5.22. The van der Waals surface area contributed by atoms with Crippen LogP contribution in [0.1, 0.15) is 52.4 Å². The molecule has 0 unspecified atom stereocenters. The van der Waals surface area contributed by atoms with E-state index in [1.165, 1.54) is 11.4 Å². The zero-order valence-electron chi connectivity index (χ0n) is 12.4. The van der Waals surface area contributed by atoms with Gasteiger partial charge in [-0.3, -0.25) is 0 Å². The average Bonchev–Trinajstić information content (AvgIpc) is 2.40. The Kier molecular flexibility index (Phi) is 7.55. The number of rotatable bonds is 8. The molecule has 1 N–H and O–H groups in total. The smallest absolute Gasteiger partial charge is 0.274 e. The van der Waals surface area contributed by atoms with E-state index in [0.717, 1.165) is 32.1 Å². The molecule has 0 aromatic heterocycles. The second-order valence-electron chi connectivity index (χ2n) is 5.14. The van der Waals surface area contributed by atoms with Gasteiger partial charge in [0.2, 0.25) is 0 Å². The van der Waals surface area contributed by atoms with Crippen LogP contribution in [-0.4, -0.2) is 47.5 Å². The lowest BCUT2D eigenvalue weighted by molar-refractivity contribution is -0.951. The van der Waals surface area contributed by atoms with Crippen LogP contribution in [0, 0.1) is 0 Å². The van der Waals surface area contributed by atoms with E-state index in [9.17, 15) is 0 Å². The van der Waals surface area contributed by atoms with Crippen molar-refractivity contribution in [1.29, 1.82) is 0 Å². The SMILES string of the molecule is CO/[N+](=N\OCCCCCO)N1[C@H](C)CCC[C@@H]1C. The molecular weight excluding hydrogens is 246 g/mol. The summed E-state index contributed by atoms with van der Waals surface area (Å²) >= 11 is 0. The molecule has 0 aromatic rings. The lowest BCUT2D eigenvalue weighted by atomic mass is 10.00. The number of aliphatic hydroxyl groups is 1. The normalized spacial score (nSPS) is 24.4. The van der Waals surface area contributed by atoms with E-state index in [0.29, 0.717) is 18.7 Å². The van der Waals surface area contributed by atoms with Gasteiger partial charge in [0.15, 0.2) is 7.11 Å². The monoisotopic (exact) mass is 274 g/mol. The number of hydrogen-bond acceptors (Lipinski definition) is 4. The molecule has 1 rings (SSSR count). The fraction of sp³-hybridized carbons (Fsp3) is 1.00. The largest absolute Gasteiger partial charge is 0.396 e. The van der Waals surface area contributed by atoms with Gasteiger partial charge in [0.25, 0.3) is 10.2 Å². The number of unbranched alkanes of at least 4 members (excludes halogenated alkanes) is 2. The number of piperidine rings is 1. The second-order valence-corrected chi connectivity index (χ2v) is 5.14. The van der Waals surface area contributed by atoms with Crippen molar-refractivity contribution in [2.75, 3.05) is 20.3 Å². The molecule has 1 heterocycles. The summed E-state index contributed by atoms with van der Waals surface area (Å²) in [6, 6.07) is 0.816. The van der Waals surface area contributed by atoms with E-state index < -0.39 is 0 Å². The van der Waals surface area contributed by atoms with Crippen molar-refractivity contribution in [1.82, 2.24) is 5.01 Å². The van der Waals surface area contributed by atoms with Gasteiger partial charge < -0.3 is 9.94 Å². The lowest BCUT2D eigenvalue weighted by Gasteiger charge is -2.31. The third-order valence-electron chi connectivity index (χ3n) is 3.53. The molecule has 1 aliphatic rings. The molecule has 6 heteroatoms. The van der Waals surface area contributed by atoms with Gasteiger partial charge in [-0.25, -0.2) is 4.84 Å². The van der Waals surface area contributed by atoms with Gasteiger partial charge in [0.1, 0.15) is 6.61 Å². The summed E-state index contributed by atoms with van der Waals surface area (Å²) in [6.45, 7) is 5.15. The van der Waals surface area contributed by atoms with Gasteiger partial charge in [-0.05, 0) is 52.4 Å². The summed E-state index contributed by atoms with van der Waals surface area (Å²) in [5.41, 5.74) is 0. The standard InChI is InChI=1S/C13H28N3O3/c1-12-8-7-9-13(2)15(12)16(18-3)14-19-11-6-4-5-10-17/h12-13,17H,4-11H2,1-3H3/q+1/b16-14-/t12-,13+. The van der Waals surface area contributed by atoms with Crippen molar-refractivity contribution < 1.29 is 19.8 Å². The molecule has 1 saturated heterocycles. The molecule has 112 valence electrons. The molecule has 0 bridgehead atoms. The highest BCUT2D eigenvalue weighted by Crippen LogP contribution is 2.22. The van der Waals surface area contributed by atoms with E-state index >= 15 is 0 Å². The average molecular weight is 274 g/mol. The number of nitrogens with zero attached hydrogens (tertiary/aromatic N) is 3. The van der Waals surface area contributed by atoms with E-state index in [1.807, 2.05) is 0 Å². The molecule has 0 spiro atoms. The second kappa shape index (κ2) is 8.96. The van der Waals surface area contributed by atoms with E-state index in [-0.39, 0.29) is 6.61 Å². The van der Waals surface area contributed by atoms with E-state index in [1.54, 1.807) is 7.11 Å². The Balaban J connectivity index is 2.41. The van der Waals surface area contributed by atoms with Gasteiger partial charge >= 0.3 is 0 Å². The Hall–Kier alpha value is -1.04. The molecule has 2 atom stereocenters. The molecule has 0 radical (unpaired) electrons. The maximum absolute atomic E-state index is 8.68. The highest BCUT2D eigenvalue weighted by atomic mass is 16.8. The van der Waals surface area contributed by atoms with Crippen molar-refractivity contribution in [2.45, 2.75) is 64.5 Å². The third-order valence-corrected chi connectivity index (χ3v) is 3.53. The van der Waals surface area contributed by atoms with Crippen LogP contribution in [0.15, 0.2) is 5.28 Å². The van der Waals surface area contributed by atoms with Crippen LogP contribution in [0.5, 0.6) is 0 Å². The minimum Gasteiger partial charge on any atom is -0.396 e. The van der Waals surface area contributed by atoms with Crippen LogP contribution < -0.4 is 0 Å². The van der Waals surface area contributed by atoms with Gasteiger partial charge in [-0.1, -0.05) is 0 Å². The molecule has 0 aliphatic carbocycles. The van der Waals surface area contributed by atoms with Crippen molar-refractivity contribution in [2.24, 2.45) is 5.28 Å². The zero-order valence-corrected chi connectivity index (χ0v) is 12.4. The number of hydrogen-bond donors (Lipinski definition) is 1. The van der Waals surface area contributed by atoms with Crippen LogP contribution in [0.3, 0.4) is 0 Å². The van der Waals surface area contributed by atoms with Crippen molar-refractivity contribution in [3.8, 4) is 0 Å². The fourth-order valence-electron chi connectivity index (χ4n) is 2.46. The molecule has 1 aliphatic heterocycles. The lowest BCUT2D eigenvalue weighted by Crippen LogP contribution is -2.49. The molecule has 0 amide bonds. The van der Waals surface area contributed by atoms with Gasteiger partial charge in [0, 0.05) is 6.61 Å². The molecule has 0 aromatic carbocycles. The Morgan fingerprint density at radius 1 is 1.21 bits per heavy atom. The summed E-state index contributed by atoms with van der Waals surface area (Å²) in [5.74, 6) is 0. The van der Waals surface area contributed by atoms with Crippen molar-refractivity contribution in [3.63, 3.8) is 0 Å². The van der Waals surface area contributed by atoms with Crippen LogP contribution in [0.2, 0.25) is 0 Å². The van der Waals surface area contributed by atoms with E-state index in [2.05, 4.69) is 24.1 Å². The zero-order chi connectivity index (χ0) is 14.1. The quantitative estimate of drug-likeness (QED) is 0.319. The molecule has 1 fully saturated rings. The molecule has 19 heavy (non-hydrogen) atoms. The first-order valence-electron chi connectivity index (χ1n) is 7.27. The van der Waals surface area contributed by atoms with Crippen molar-refractivity contribution >= 4 is 0 Å². The predicted molar refractivity (Wildman–Crippen MR) is 71.2 cm³/mol. The van der Waals surface area contributed by atoms with E-state index in [4.69, 9.17) is 14.8 Å². The number of aliphatic hydroxyl groups excluding tert-OH is 1. The maximum Gasteiger partial charge on any atom is 0.274 e. The highest BCUT2D eigenvalue weighted by Gasteiger charge is 2.35. The predicted octanol–water partition coefficient (Wildman–Crippen LogP) is 2.28. The first-order chi connectivity index (χ1) is 9.20. The summed E-state index contributed by atoms with van der Waals surface area (Å²) in [6.07, 6.45) is 6.21. The maximum atomic E-state index is 8.68.